The fourth-order valence-electron chi connectivity index (χ4n) is 3.37. The van der Waals surface area contributed by atoms with E-state index in [1.807, 2.05) is 0 Å². The quantitative estimate of drug-likeness (QED) is 0.471. The third kappa shape index (κ3) is 6.50. The molecule has 0 fully saturated rings. The first kappa shape index (κ1) is 24.2. The molecule has 1 unspecified atom stereocenters. The molecule has 0 spiro atoms. The minimum atomic E-state index is -0.914. The summed E-state index contributed by atoms with van der Waals surface area (Å²) in [7, 11) is 0. The molecule has 2 atom stereocenters. The molecule has 1 amide bonds. The van der Waals surface area contributed by atoms with Crippen LogP contribution in [0.15, 0.2) is 42.6 Å². The Hall–Kier alpha value is -3.49. The lowest BCUT2D eigenvalue weighted by molar-refractivity contribution is -0.121. The molecule has 0 bridgehead atoms. The van der Waals surface area contributed by atoms with Crippen LogP contribution in [0.2, 0.25) is 0 Å². The van der Waals surface area contributed by atoms with E-state index >= 15 is 0 Å². The van der Waals surface area contributed by atoms with Crippen LogP contribution < -0.4 is 10.1 Å². The van der Waals surface area contributed by atoms with Gasteiger partial charge >= 0.3 is 0 Å². The zero-order chi connectivity index (χ0) is 24.1. The Morgan fingerprint density at radius 1 is 1.03 bits per heavy atom. The molecule has 0 aliphatic carbocycles. The SMILES string of the molecule is Cc1ncc(OC[C@@H](Cc2cc(F)cc(F)c2)C(C)C(=O)Nc2ccc(F)cc2F)c(C)n1. The van der Waals surface area contributed by atoms with Crippen LogP contribution in [-0.2, 0) is 11.2 Å². The van der Waals surface area contributed by atoms with Gasteiger partial charge in [-0.25, -0.2) is 27.5 Å². The van der Waals surface area contributed by atoms with E-state index in [1.165, 1.54) is 18.3 Å². The smallest absolute Gasteiger partial charge is 0.227 e. The Morgan fingerprint density at radius 2 is 1.73 bits per heavy atom. The maximum absolute atomic E-state index is 14.0. The van der Waals surface area contributed by atoms with E-state index in [-0.39, 0.29) is 18.7 Å². The molecule has 3 rings (SSSR count). The van der Waals surface area contributed by atoms with Crippen LogP contribution in [0.25, 0.3) is 0 Å². The molecular formula is C24H23F4N3O2. The number of hydrogen-bond donors (Lipinski definition) is 1. The molecule has 0 radical (unpaired) electrons. The van der Waals surface area contributed by atoms with Crippen molar-refractivity contribution < 1.29 is 27.1 Å². The highest BCUT2D eigenvalue weighted by atomic mass is 19.1. The van der Waals surface area contributed by atoms with Gasteiger partial charge in [0, 0.05) is 24.0 Å². The van der Waals surface area contributed by atoms with Crippen LogP contribution in [0.3, 0.4) is 0 Å². The number of amides is 1. The number of rotatable bonds is 8. The predicted molar refractivity (Wildman–Crippen MR) is 115 cm³/mol. The summed E-state index contributed by atoms with van der Waals surface area (Å²) in [4.78, 5) is 21.2. The molecule has 174 valence electrons. The Labute approximate surface area is 188 Å². The number of hydrogen-bond acceptors (Lipinski definition) is 4. The van der Waals surface area contributed by atoms with E-state index in [0.717, 1.165) is 18.2 Å². The molecular weight excluding hydrogens is 438 g/mol. The topological polar surface area (TPSA) is 64.1 Å². The second-order valence-electron chi connectivity index (χ2n) is 7.82. The average molecular weight is 461 g/mol. The molecule has 1 N–H and O–H groups in total. The number of aromatic nitrogens is 2. The van der Waals surface area contributed by atoms with Gasteiger partial charge in [0.05, 0.1) is 24.2 Å². The minimum absolute atomic E-state index is 0.00583. The van der Waals surface area contributed by atoms with Gasteiger partial charge in [0.2, 0.25) is 5.91 Å². The minimum Gasteiger partial charge on any atom is -0.490 e. The standard InChI is InChI=1S/C24H23F4N3O2/c1-13(24(32)31-22-5-4-18(25)10-21(22)28)17(6-16-7-19(26)9-20(27)8-16)12-33-23-11-29-15(3)30-14(23)2/h4-5,7-11,13,17H,6,12H2,1-3H3,(H,31,32)/t13?,17-/m1/s1. The number of nitrogens with zero attached hydrogens (tertiary/aromatic N) is 2. The Bertz CT molecular complexity index is 1140. The van der Waals surface area contributed by atoms with Gasteiger partial charge in [-0.3, -0.25) is 4.79 Å². The largest absolute Gasteiger partial charge is 0.490 e. The van der Waals surface area contributed by atoms with E-state index in [0.29, 0.717) is 28.9 Å². The second kappa shape index (κ2) is 10.4. The molecule has 33 heavy (non-hydrogen) atoms. The highest BCUT2D eigenvalue weighted by molar-refractivity contribution is 5.92. The Morgan fingerprint density at radius 3 is 2.36 bits per heavy atom. The van der Waals surface area contributed by atoms with Crippen molar-refractivity contribution in [3.8, 4) is 5.75 Å². The maximum atomic E-state index is 14.0. The van der Waals surface area contributed by atoms with Crippen LogP contribution in [0, 0.1) is 49.0 Å². The summed E-state index contributed by atoms with van der Waals surface area (Å²) >= 11 is 0. The zero-order valence-electron chi connectivity index (χ0n) is 18.3. The van der Waals surface area contributed by atoms with Crippen molar-refractivity contribution >= 4 is 11.6 Å². The molecule has 0 saturated heterocycles. The van der Waals surface area contributed by atoms with E-state index in [9.17, 15) is 22.4 Å². The van der Waals surface area contributed by atoms with Crippen molar-refractivity contribution in [3.63, 3.8) is 0 Å². The van der Waals surface area contributed by atoms with Crippen molar-refractivity contribution in [3.05, 3.63) is 82.9 Å². The number of aryl methyl sites for hydroxylation is 2. The molecule has 0 aliphatic rings. The monoisotopic (exact) mass is 461 g/mol. The summed E-state index contributed by atoms with van der Waals surface area (Å²) in [5.41, 5.74) is 0.765. The van der Waals surface area contributed by atoms with Gasteiger partial charge in [-0.05, 0) is 50.1 Å². The predicted octanol–water partition coefficient (Wildman–Crippen LogP) is 5.16. The van der Waals surface area contributed by atoms with Gasteiger partial charge < -0.3 is 10.1 Å². The molecule has 0 aliphatic heterocycles. The summed E-state index contributed by atoms with van der Waals surface area (Å²) in [6, 6.07) is 5.93. The lowest BCUT2D eigenvalue weighted by Crippen LogP contribution is -2.32. The van der Waals surface area contributed by atoms with Crippen LogP contribution in [0.1, 0.15) is 24.0 Å². The molecule has 5 nitrogen and oxygen atoms in total. The first-order valence-corrected chi connectivity index (χ1v) is 10.3. The lowest BCUT2D eigenvalue weighted by Gasteiger charge is -2.24. The summed E-state index contributed by atoms with van der Waals surface area (Å²) in [6.07, 6.45) is 1.62. The zero-order valence-corrected chi connectivity index (χ0v) is 18.3. The van der Waals surface area contributed by atoms with Gasteiger partial charge in [-0.15, -0.1) is 0 Å². The number of anilines is 1. The highest BCUT2D eigenvalue weighted by Crippen LogP contribution is 2.24. The summed E-state index contributed by atoms with van der Waals surface area (Å²) in [5, 5.41) is 2.43. The first-order chi connectivity index (χ1) is 15.6. The number of nitrogens with one attached hydrogen (secondary N) is 1. The van der Waals surface area contributed by atoms with Crippen LogP contribution in [-0.4, -0.2) is 22.5 Å². The van der Waals surface area contributed by atoms with Gasteiger partial charge in [0.25, 0.3) is 0 Å². The maximum Gasteiger partial charge on any atom is 0.227 e. The number of benzene rings is 2. The van der Waals surface area contributed by atoms with Crippen LogP contribution in [0.5, 0.6) is 5.75 Å². The van der Waals surface area contributed by atoms with Crippen molar-refractivity contribution in [1.29, 1.82) is 0 Å². The molecule has 2 aromatic carbocycles. The molecule has 1 heterocycles. The molecule has 1 aromatic heterocycles. The number of carbonyl (C=O) groups is 1. The third-order valence-electron chi connectivity index (χ3n) is 5.24. The molecule has 9 heteroatoms. The van der Waals surface area contributed by atoms with Crippen LogP contribution >= 0.6 is 0 Å². The normalized spacial score (nSPS) is 12.8. The van der Waals surface area contributed by atoms with Gasteiger partial charge in [-0.2, -0.15) is 0 Å². The van der Waals surface area contributed by atoms with Crippen molar-refractivity contribution in [2.45, 2.75) is 27.2 Å². The first-order valence-electron chi connectivity index (χ1n) is 10.3. The lowest BCUT2D eigenvalue weighted by atomic mass is 9.87. The Balaban J connectivity index is 1.81. The number of halogens is 4. The summed E-state index contributed by atoms with van der Waals surface area (Å²) in [6.45, 7) is 5.08. The number of ether oxygens (including phenoxy) is 1. The van der Waals surface area contributed by atoms with Crippen molar-refractivity contribution in [2.24, 2.45) is 11.8 Å². The van der Waals surface area contributed by atoms with Gasteiger partial charge in [0.15, 0.2) is 5.75 Å². The van der Waals surface area contributed by atoms with Crippen molar-refractivity contribution in [2.75, 3.05) is 11.9 Å². The summed E-state index contributed by atoms with van der Waals surface area (Å²) < 4.78 is 60.4. The average Bonchev–Trinajstić information content (AvgIpc) is 2.73. The van der Waals surface area contributed by atoms with E-state index in [4.69, 9.17) is 4.74 Å². The highest BCUT2D eigenvalue weighted by Gasteiger charge is 2.27. The summed E-state index contributed by atoms with van der Waals surface area (Å²) in [5.74, 6) is -4.04. The van der Waals surface area contributed by atoms with Crippen LogP contribution in [0.4, 0.5) is 23.2 Å². The van der Waals surface area contributed by atoms with Crippen molar-refractivity contribution in [1.82, 2.24) is 9.97 Å². The van der Waals surface area contributed by atoms with Gasteiger partial charge in [-0.1, -0.05) is 6.92 Å². The number of carbonyl (C=O) groups excluding carboxylic acids is 1. The van der Waals surface area contributed by atoms with Gasteiger partial charge in [0.1, 0.15) is 29.1 Å². The fraction of sp³-hybridized carbons (Fsp3) is 0.292. The molecule has 0 saturated carbocycles. The fourth-order valence-corrected chi connectivity index (χ4v) is 3.37. The Kier molecular flexibility index (Phi) is 7.63. The van der Waals surface area contributed by atoms with E-state index < -0.39 is 41.0 Å². The van der Waals surface area contributed by atoms with E-state index in [1.54, 1.807) is 20.8 Å². The second-order valence-corrected chi connectivity index (χ2v) is 7.82. The van der Waals surface area contributed by atoms with E-state index in [2.05, 4.69) is 15.3 Å². The molecule has 3 aromatic rings. The third-order valence-corrected chi connectivity index (χ3v) is 5.24.